The minimum absolute atomic E-state index is 0.0631. The minimum atomic E-state index is -4.64. The molecule has 4 nitrogen and oxygen atoms in total. The maximum atomic E-state index is 11.2. The van der Waals surface area contributed by atoms with Gasteiger partial charge >= 0.3 is 7.60 Å². The van der Waals surface area contributed by atoms with Gasteiger partial charge < -0.3 is 9.79 Å². The first-order chi connectivity index (χ1) is 4.48. The minimum Gasteiger partial charge on any atom is -0.319 e. The Bertz CT molecular complexity index is 193. The average molecular weight is 168 g/mol. The fourth-order valence-electron chi connectivity index (χ4n) is 0.264. The quantitative estimate of drug-likeness (QED) is 0.604. The number of allylic oxidation sites excluding steroid dienone is 1. The summed E-state index contributed by atoms with van der Waals surface area (Å²) < 4.78 is 21.2. The molecule has 0 aliphatic carbocycles. The largest absolute Gasteiger partial charge is 0.391 e. The third-order valence-electron chi connectivity index (χ3n) is 0.706. The van der Waals surface area contributed by atoms with E-state index in [1.807, 2.05) is 0 Å². The molecule has 0 unspecified atom stereocenters. The second-order valence-corrected chi connectivity index (χ2v) is 3.09. The van der Waals surface area contributed by atoms with Gasteiger partial charge in [0.1, 0.15) is 0 Å². The smallest absolute Gasteiger partial charge is 0.319 e. The highest BCUT2D eigenvalue weighted by Crippen LogP contribution is 2.36. The van der Waals surface area contributed by atoms with Crippen molar-refractivity contribution in [2.75, 3.05) is 0 Å². The van der Waals surface area contributed by atoms with Crippen LogP contribution in [0.25, 0.3) is 0 Å². The molecule has 0 atom stereocenters. The van der Waals surface area contributed by atoms with Crippen LogP contribution in [0.2, 0.25) is 0 Å². The van der Waals surface area contributed by atoms with Crippen LogP contribution in [0.15, 0.2) is 12.4 Å². The number of carbonyl (C=O) groups excluding carboxylic acids is 1. The van der Waals surface area contributed by atoms with Gasteiger partial charge in [0.05, 0.1) is 6.33 Å². The van der Waals surface area contributed by atoms with Crippen LogP contribution in [0.5, 0.6) is 0 Å². The maximum Gasteiger partial charge on any atom is 0.391 e. The summed E-state index contributed by atoms with van der Waals surface area (Å²) in [5.74, 6) is 0. The molecule has 0 aromatic heterocycles. The lowest BCUT2D eigenvalue weighted by Gasteiger charge is -1.96. The monoisotopic (exact) mass is 168 g/mol. The molecule has 0 aliphatic heterocycles. The van der Waals surface area contributed by atoms with E-state index in [1.54, 1.807) is 0 Å². The molecular weight excluding hydrogens is 162 g/mol. The third kappa shape index (κ3) is 3.50. The number of hydrogen-bond donors (Lipinski definition) is 2. The van der Waals surface area contributed by atoms with Crippen molar-refractivity contribution in [2.24, 2.45) is 0 Å². The molecule has 0 spiro atoms. The molecule has 0 heterocycles. The van der Waals surface area contributed by atoms with Crippen molar-refractivity contribution in [3.05, 3.63) is 12.4 Å². The lowest BCUT2D eigenvalue weighted by Crippen LogP contribution is -1.95. The fraction of sp³-hybridized carbons (Fsp3) is 0.250. The van der Waals surface area contributed by atoms with E-state index in [4.69, 9.17) is 9.79 Å². The first kappa shape index (κ1) is 9.49. The highest BCUT2D eigenvalue weighted by molar-refractivity contribution is 7.70. The number of hydrogen-bond acceptors (Lipinski definition) is 2. The van der Waals surface area contributed by atoms with E-state index in [0.717, 1.165) is 6.08 Å². The van der Waals surface area contributed by atoms with Crippen LogP contribution >= 0.6 is 7.60 Å². The molecule has 0 bridgehead atoms. The molecule has 0 aromatic rings. The van der Waals surface area contributed by atoms with Crippen molar-refractivity contribution in [3.8, 4) is 0 Å². The Balaban J connectivity index is 4.00. The van der Waals surface area contributed by atoms with E-state index in [2.05, 4.69) is 0 Å². The lowest BCUT2D eigenvalue weighted by molar-refractivity contribution is -0.112. The summed E-state index contributed by atoms with van der Waals surface area (Å²) >= 11 is 0. The van der Waals surface area contributed by atoms with E-state index in [-0.39, 0.29) is 6.33 Å². The van der Waals surface area contributed by atoms with Gasteiger partial charge in [-0.05, 0) is 6.08 Å². The normalized spacial score (nSPS) is 12.3. The van der Waals surface area contributed by atoms with Crippen molar-refractivity contribution in [3.63, 3.8) is 0 Å². The Morgan fingerprint density at radius 1 is 1.60 bits per heavy atom. The summed E-state index contributed by atoms with van der Waals surface area (Å²) in [7, 11) is -4.64. The Morgan fingerprint density at radius 3 is 2.40 bits per heavy atom. The Labute approximate surface area is 56.5 Å². The zero-order valence-corrected chi connectivity index (χ0v) is 5.79. The molecule has 6 heteroatoms. The van der Waals surface area contributed by atoms with Crippen LogP contribution in [0.3, 0.4) is 0 Å². The molecule has 0 fully saturated rings. The molecule has 10 heavy (non-hydrogen) atoms. The van der Waals surface area contributed by atoms with Gasteiger partial charge in [-0.3, -0.25) is 9.36 Å². The summed E-state index contributed by atoms with van der Waals surface area (Å²) in [6, 6.07) is 0. The first-order valence-electron chi connectivity index (χ1n) is 2.32. The van der Waals surface area contributed by atoms with Crippen LogP contribution in [-0.2, 0) is 9.36 Å². The Morgan fingerprint density at radius 2 is 2.10 bits per heavy atom. The molecule has 0 radical (unpaired) electrons. The molecule has 0 saturated heterocycles. The zero-order chi connectivity index (χ0) is 8.20. The SMILES string of the molecule is O=C(CC=CF)P(=O)(O)O. The summed E-state index contributed by atoms with van der Waals surface area (Å²) in [6.07, 6.45) is 0.232. The van der Waals surface area contributed by atoms with Crippen LogP contribution in [0, 0.1) is 0 Å². The summed E-state index contributed by atoms with van der Waals surface area (Å²) in [5, 5.41) is 0. The highest BCUT2D eigenvalue weighted by Gasteiger charge is 2.23. The average Bonchev–Trinajstić information content (AvgIpc) is 1.80. The molecule has 0 saturated carbocycles. The third-order valence-corrected chi connectivity index (χ3v) is 1.54. The second-order valence-electron chi connectivity index (χ2n) is 1.50. The molecule has 58 valence electrons. The molecule has 0 aromatic carbocycles. The van der Waals surface area contributed by atoms with Gasteiger partial charge in [0.25, 0.3) is 0 Å². The van der Waals surface area contributed by atoms with Gasteiger partial charge in [-0.2, -0.15) is 0 Å². The van der Waals surface area contributed by atoms with Gasteiger partial charge in [-0.15, -0.1) is 0 Å². The predicted octanol–water partition coefficient (Wildman–Crippen LogP) is 0.564. The standard InChI is InChI=1S/C4H6FO4P/c5-3-1-2-4(6)10(7,8)9/h1,3H,2H2,(H2,7,8,9). The number of carbonyl (C=O) groups is 1. The van der Waals surface area contributed by atoms with E-state index in [0.29, 0.717) is 0 Å². The molecular formula is C4H6FO4P. The van der Waals surface area contributed by atoms with Crippen LogP contribution in [0.1, 0.15) is 6.42 Å². The second kappa shape index (κ2) is 3.61. The van der Waals surface area contributed by atoms with Gasteiger partial charge in [0.15, 0.2) is 0 Å². The van der Waals surface area contributed by atoms with Gasteiger partial charge in [0, 0.05) is 6.42 Å². The topological polar surface area (TPSA) is 74.6 Å². The van der Waals surface area contributed by atoms with E-state index in [1.165, 1.54) is 0 Å². The Hall–Kier alpha value is -0.510. The van der Waals surface area contributed by atoms with Gasteiger partial charge in [-0.25, -0.2) is 4.39 Å². The summed E-state index contributed by atoms with van der Waals surface area (Å²) in [6.45, 7) is 0. The first-order valence-corrected chi connectivity index (χ1v) is 3.94. The summed E-state index contributed by atoms with van der Waals surface area (Å²) in [4.78, 5) is 26.5. The van der Waals surface area contributed by atoms with E-state index in [9.17, 15) is 13.8 Å². The predicted molar refractivity (Wildman–Crippen MR) is 31.9 cm³/mol. The van der Waals surface area contributed by atoms with Crippen molar-refractivity contribution in [2.45, 2.75) is 6.42 Å². The van der Waals surface area contributed by atoms with Gasteiger partial charge in [-0.1, -0.05) is 0 Å². The molecule has 2 N–H and O–H groups in total. The van der Waals surface area contributed by atoms with E-state index >= 15 is 0 Å². The lowest BCUT2D eigenvalue weighted by atomic mass is 10.5. The molecule has 0 aliphatic rings. The van der Waals surface area contributed by atoms with Crippen molar-refractivity contribution >= 4 is 13.1 Å². The van der Waals surface area contributed by atoms with Crippen LogP contribution < -0.4 is 0 Å². The van der Waals surface area contributed by atoms with Crippen molar-refractivity contribution < 1.29 is 23.5 Å². The highest BCUT2D eigenvalue weighted by atomic mass is 31.2. The number of halogens is 1. The van der Waals surface area contributed by atoms with Crippen LogP contribution in [0.4, 0.5) is 4.39 Å². The van der Waals surface area contributed by atoms with E-state index < -0.39 is 19.5 Å². The Kier molecular flexibility index (Phi) is 3.42. The maximum absolute atomic E-state index is 11.2. The zero-order valence-electron chi connectivity index (χ0n) is 4.90. The molecule has 0 amide bonds. The number of rotatable bonds is 3. The van der Waals surface area contributed by atoms with Crippen molar-refractivity contribution in [1.29, 1.82) is 0 Å². The fourth-order valence-corrected chi connectivity index (χ4v) is 0.608. The van der Waals surface area contributed by atoms with Crippen molar-refractivity contribution in [1.82, 2.24) is 0 Å². The molecule has 0 rings (SSSR count). The van der Waals surface area contributed by atoms with Crippen LogP contribution in [-0.4, -0.2) is 15.3 Å². The summed E-state index contributed by atoms with van der Waals surface area (Å²) in [5.41, 5.74) is -1.28. The van der Waals surface area contributed by atoms with Gasteiger partial charge in [0.2, 0.25) is 5.52 Å².